The maximum atomic E-state index is 13.0. The summed E-state index contributed by atoms with van der Waals surface area (Å²) in [6.07, 6.45) is 0.473. The van der Waals surface area contributed by atoms with Crippen LogP contribution in [0.2, 0.25) is 0 Å². The Morgan fingerprint density at radius 3 is 2.63 bits per heavy atom. The zero-order valence-corrected chi connectivity index (χ0v) is 16.6. The average molecular weight is 388 g/mol. The van der Waals surface area contributed by atoms with Gasteiger partial charge < -0.3 is 10.2 Å². The summed E-state index contributed by atoms with van der Waals surface area (Å²) < 4.78 is 23.6. The minimum absolute atomic E-state index is 0.0188. The third-order valence-corrected chi connectivity index (χ3v) is 6.47. The van der Waals surface area contributed by atoms with Crippen molar-refractivity contribution in [3.8, 4) is 0 Å². The van der Waals surface area contributed by atoms with Gasteiger partial charge in [0.25, 0.3) is 5.91 Å². The van der Waals surface area contributed by atoms with E-state index in [4.69, 9.17) is 0 Å². The molecule has 1 saturated heterocycles. The number of nitrogens with zero attached hydrogens (tertiary/aromatic N) is 3. The van der Waals surface area contributed by atoms with Crippen molar-refractivity contribution >= 4 is 27.2 Å². The van der Waals surface area contributed by atoms with Crippen molar-refractivity contribution in [1.82, 2.24) is 14.9 Å². The quantitative estimate of drug-likeness (QED) is 0.846. The zero-order valence-electron chi connectivity index (χ0n) is 15.8. The number of carbonyl (C=O) groups is 1. The topological polar surface area (TPSA) is 92.3 Å². The van der Waals surface area contributed by atoms with E-state index in [-0.39, 0.29) is 29.1 Å². The number of carbonyl (C=O) groups excluding carboxylic acids is 1. The van der Waals surface area contributed by atoms with E-state index in [1.54, 1.807) is 17.9 Å². The summed E-state index contributed by atoms with van der Waals surface area (Å²) in [7, 11) is -3.07. The molecule has 0 bridgehead atoms. The lowest BCUT2D eigenvalue weighted by atomic mass is 10.2. The summed E-state index contributed by atoms with van der Waals surface area (Å²) in [4.78, 5) is 23.3. The molecule has 1 aliphatic heterocycles. The number of sulfone groups is 1. The first-order valence-electron chi connectivity index (χ1n) is 8.99. The summed E-state index contributed by atoms with van der Waals surface area (Å²) in [6, 6.07) is 9.13. The molecule has 1 unspecified atom stereocenters. The molecule has 1 amide bonds. The molecule has 1 N–H and O–H groups in total. The summed E-state index contributed by atoms with van der Waals surface area (Å²) >= 11 is 0. The number of amides is 1. The van der Waals surface area contributed by atoms with Gasteiger partial charge in [0.05, 0.1) is 11.5 Å². The van der Waals surface area contributed by atoms with E-state index >= 15 is 0 Å². The van der Waals surface area contributed by atoms with Crippen LogP contribution in [0.3, 0.4) is 0 Å². The molecule has 1 fully saturated rings. The highest BCUT2D eigenvalue weighted by atomic mass is 32.2. The Morgan fingerprint density at radius 1 is 1.26 bits per heavy atom. The Kier molecular flexibility index (Phi) is 5.46. The van der Waals surface area contributed by atoms with Crippen molar-refractivity contribution in [2.45, 2.75) is 33.2 Å². The lowest BCUT2D eigenvalue weighted by Crippen LogP contribution is -2.41. The molecule has 1 aromatic heterocycles. The van der Waals surface area contributed by atoms with Crippen LogP contribution in [0.5, 0.6) is 0 Å². The largest absolute Gasteiger partial charge is 0.340 e. The highest BCUT2D eigenvalue weighted by Gasteiger charge is 2.34. The van der Waals surface area contributed by atoms with E-state index in [0.717, 1.165) is 11.3 Å². The number of aromatic nitrogens is 2. The molecule has 27 heavy (non-hydrogen) atoms. The molecule has 0 radical (unpaired) electrons. The van der Waals surface area contributed by atoms with Crippen LogP contribution in [0.15, 0.2) is 30.3 Å². The van der Waals surface area contributed by atoms with E-state index in [9.17, 15) is 13.2 Å². The van der Waals surface area contributed by atoms with Crippen LogP contribution in [0.4, 0.5) is 11.5 Å². The van der Waals surface area contributed by atoms with Gasteiger partial charge in [-0.1, -0.05) is 18.2 Å². The second kappa shape index (κ2) is 7.64. The molecule has 0 saturated carbocycles. The lowest BCUT2D eigenvalue weighted by molar-refractivity contribution is 0.0702. The molecule has 1 aromatic carbocycles. The van der Waals surface area contributed by atoms with Crippen molar-refractivity contribution in [1.29, 1.82) is 0 Å². The van der Waals surface area contributed by atoms with Crippen LogP contribution in [-0.4, -0.2) is 53.3 Å². The normalized spacial score (nSPS) is 18.3. The van der Waals surface area contributed by atoms with Gasteiger partial charge in [-0.2, -0.15) is 0 Å². The zero-order chi connectivity index (χ0) is 19.6. The van der Waals surface area contributed by atoms with Gasteiger partial charge in [0.15, 0.2) is 9.84 Å². The van der Waals surface area contributed by atoms with Crippen LogP contribution in [0.25, 0.3) is 0 Å². The fraction of sp³-hybridized carbons (Fsp3) is 0.421. The van der Waals surface area contributed by atoms with Crippen molar-refractivity contribution in [2.75, 3.05) is 23.4 Å². The molecular formula is C19H24N4O3S. The molecule has 0 aliphatic carbocycles. The van der Waals surface area contributed by atoms with Gasteiger partial charge in [0.1, 0.15) is 17.3 Å². The number of benzene rings is 1. The van der Waals surface area contributed by atoms with Gasteiger partial charge in [0, 0.05) is 24.3 Å². The van der Waals surface area contributed by atoms with Gasteiger partial charge in [-0.15, -0.1) is 0 Å². The summed E-state index contributed by atoms with van der Waals surface area (Å²) in [5.74, 6) is 0.898. The molecule has 144 valence electrons. The second-order valence-corrected chi connectivity index (χ2v) is 9.00. The van der Waals surface area contributed by atoms with E-state index in [1.165, 1.54) is 0 Å². The first-order chi connectivity index (χ1) is 12.8. The monoisotopic (exact) mass is 388 g/mol. The number of hydrogen-bond acceptors (Lipinski definition) is 6. The van der Waals surface area contributed by atoms with Crippen LogP contribution in [-0.2, 0) is 9.84 Å². The average Bonchev–Trinajstić information content (AvgIpc) is 2.96. The van der Waals surface area contributed by atoms with Gasteiger partial charge in [0.2, 0.25) is 0 Å². The van der Waals surface area contributed by atoms with Gasteiger partial charge in [-0.05, 0) is 38.8 Å². The number of nitrogens with one attached hydrogen (secondary N) is 1. The summed E-state index contributed by atoms with van der Waals surface area (Å²) in [5.41, 5.74) is 2.24. The number of aryl methyl sites for hydroxylation is 2. The predicted octanol–water partition coefficient (Wildman–Crippen LogP) is 2.49. The van der Waals surface area contributed by atoms with Crippen LogP contribution in [0, 0.1) is 13.8 Å². The summed E-state index contributed by atoms with van der Waals surface area (Å²) in [5, 5.41) is 3.23. The molecule has 8 heteroatoms. The molecular weight excluding hydrogens is 364 g/mol. The molecule has 0 spiro atoms. The Balaban J connectivity index is 1.86. The van der Waals surface area contributed by atoms with Crippen LogP contribution < -0.4 is 5.32 Å². The Labute approximate surface area is 159 Å². The number of anilines is 2. The maximum Gasteiger partial charge on any atom is 0.272 e. The van der Waals surface area contributed by atoms with Crippen molar-refractivity contribution in [2.24, 2.45) is 0 Å². The molecule has 2 heterocycles. The third-order valence-electron chi connectivity index (χ3n) is 4.72. The van der Waals surface area contributed by atoms with Gasteiger partial charge in [-0.25, -0.2) is 18.4 Å². The maximum absolute atomic E-state index is 13.0. The Morgan fingerprint density at radius 2 is 2.00 bits per heavy atom. The minimum atomic E-state index is -3.07. The highest BCUT2D eigenvalue weighted by molar-refractivity contribution is 7.91. The van der Waals surface area contributed by atoms with E-state index in [2.05, 4.69) is 15.3 Å². The number of rotatable bonds is 5. The first kappa shape index (κ1) is 19.3. The van der Waals surface area contributed by atoms with Crippen LogP contribution in [0.1, 0.15) is 35.2 Å². The van der Waals surface area contributed by atoms with Crippen molar-refractivity contribution < 1.29 is 13.2 Å². The standard InChI is InChI=1S/C19H24N4O3S/c1-4-23(15-9-10-27(25,26)12-15)19(24)17-11-18(21-14(3)20-17)22-16-8-6-5-7-13(16)2/h5-8,11,15H,4,9-10,12H2,1-3H3,(H,20,21,22). The molecule has 7 nitrogen and oxygen atoms in total. The minimum Gasteiger partial charge on any atom is -0.340 e. The van der Waals surface area contributed by atoms with Crippen molar-refractivity contribution in [3.05, 3.63) is 47.4 Å². The fourth-order valence-electron chi connectivity index (χ4n) is 3.33. The Hall–Kier alpha value is -2.48. The highest BCUT2D eigenvalue weighted by Crippen LogP contribution is 2.22. The second-order valence-electron chi connectivity index (χ2n) is 6.77. The first-order valence-corrected chi connectivity index (χ1v) is 10.8. The van der Waals surface area contributed by atoms with E-state index in [0.29, 0.717) is 24.6 Å². The van der Waals surface area contributed by atoms with Crippen molar-refractivity contribution in [3.63, 3.8) is 0 Å². The van der Waals surface area contributed by atoms with Crippen LogP contribution >= 0.6 is 0 Å². The van der Waals surface area contributed by atoms with Gasteiger partial charge in [-0.3, -0.25) is 4.79 Å². The fourth-order valence-corrected chi connectivity index (χ4v) is 5.06. The molecule has 1 aliphatic rings. The molecule has 3 rings (SSSR count). The lowest BCUT2D eigenvalue weighted by Gasteiger charge is -2.26. The molecule has 1 atom stereocenters. The number of hydrogen-bond donors (Lipinski definition) is 1. The third kappa shape index (κ3) is 4.44. The number of para-hydroxylation sites is 1. The molecule has 2 aromatic rings. The SMILES string of the molecule is CCN(C(=O)c1cc(Nc2ccccc2C)nc(C)n1)C1CCS(=O)(=O)C1. The van der Waals surface area contributed by atoms with E-state index < -0.39 is 9.84 Å². The smallest absolute Gasteiger partial charge is 0.272 e. The predicted molar refractivity (Wildman–Crippen MR) is 105 cm³/mol. The van der Waals surface area contributed by atoms with Gasteiger partial charge >= 0.3 is 0 Å². The van der Waals surface area contributed by atoms with E-state index in [1.807, 2.05) is 38.1 Å². The Bertz CT molecular complexity index is 959. The summed E-state index contributed by atoms with van der Waals surface area (Å²) in [6.45, 7) is 6.00.